The minimum atomic E-state index is -0.139. The van der Waals surface area contributed by atoms with Crippen molar-refractivity contribution in [3.8, 4) is 0 Å². The molecule has 0 aromatic heterocycles. The number of nitrogens with one attached hydrogen (secondary N) is 1. The van der Waals surface area contributed by atoms with Crippen molar-refractivity contribution in [2.45, 2.75) is 32.4 Å². The van der Waals surface area contributed by atoms with Crippen molar-refractivity contribution in [1.29, 1.82) is 0 Å². The van der Waals surface area contributed by atoms with Crippen molar-refractivity contribution < 1.29 is 4.39 Å². The van der Waals surface area contributed by atoms with E-state index in [9.17, 15) is 4.39 Å². The van der Waals surface area contributed by atoms with Crippen LogP contribution in [-0.4, -0.2) is 62.2 Å². The quantitative estimate of drug-likeness (QED) is 0.894. The molecule has 1 aliphatic rings. The Labute approximate surface area is 128 Å². The van der Waals surface area contributed by atoms with Crippen LogP contribution in [0.1, 0.15) is 18.1 Å². The van der Waals surface area contributed by atoms with E-state index in [0.717, 1.165) is 38.2 Å². The van der Waals surface area contributed by atoms with Gasteiger partial charge in [0.2, 0.25) is 0 Å². The van der Waals surface area contributed by atoms with Gasteiger partial charge in [0.25, 0.3) is 0 Å². The third-order valence-corrected chi connectivity index (χ3v) is 4.58. The summed E-state index contributed by atoms with van der Waals surface area (Å²) in [5.74, 6) is -0.139. The van der Waals surface area contributed by atoms with Crippen LogP contribution >= 0.6 is 0 Å². The molecule has 1 saturated heterocycles. The van der Waals surface area contributed by atoms with E-state index in [2.05, 4.69) is 43.1 Å². The Hall–Kier alpha value is -0.970. The van der Waals surface area contributed by atoms with Crippen LogP contribution in [0.5, 0.6) is 0 Å². The van der Waals surface area contributed by atoms with Crippen molar-refractivity contribution in [3.63, 3.8) is 0 Å². The SMILES string of the molecule is CCNC(Cc1cc(F)ccc1C)C1CN(C)CCN1C. The Kier molecular flexibility index (Phi) is 5.73. The van der Waals surface area contributed by atoms with Crippen LogP contribution in [-0.2, 0) is 6.42 Å². The summed E-state index contributed by atoms with van der Waals surface area (Å²) in [6.45, 7) is 8.40. The highest BCUT2D eigenvalue weighted by Gasteiger charge is 2.29. The largest absolute Gasteiger partial charge is 0.312 e. The summed E-state index contributed by atoms with van der Waals surface area (Å²) in [4.78, 5) is 4.81. The number of nitrogens with zero attached hydrogens (tertiary/aromatic N) is 2. The van der Waals surface area contributed by atoms with E-state index < -0.39 is 0 Å². The third-order valence-electron chi connectivity index (χ3n) is 4.58. The van der Waals surface area contributed by atoms with Gasteiger partial charge in [0.15, 0.2) is 0 Å². The molecule has 0 spiro atoms. The predicted molar refractivity (Wildman–Crippen MR) is 86.2 cm³/mol. The Morgan fingerprint density at radius 2 is 2.10 bits per heavy atom. The molecule has 1 N–H and O–H groups in total. The second kappa shape index (κ2) is 7.34. The van der Waals surface area contributed by atoms with Crippen molar-refractivity contribution in [3.05, 3.63) is 35.1 Å². The fourth-order valence-electron chi connectivity index (χ4n) is 3.18. The summed E-state index contributed by atoms with van der Waals surface area (Å²) in [6.07, 6.45) is 0.875. The first-order valence-electron chi connectivity index (χ1n) is 7.88. The summed E-state index contributed by atoms with van der Waals surface area (Å²) in [5, 5.41) is 3.61. The zero-order chi connectivity index (χ0) is 15.4. The first-order chi connectivity index (χ1) is 10.0. The van der Waals surface area contributed by atoms with E-state index in [1.54, 1.807) is 12.1 Å². The summed E-state index contributed by atoms with van der Waals surface area (Å²) in [5.41, 5.74) is 2.29. The molecule has 2 atom stereocenters. The van der Waals surface area contributed by atoms with Gasteiger partial charge in [-0.1, -0.05) is 13.0 Å². The smallest absolute Gasteiger partial charge is 0.123 e. The van der Waals surface area contributed by atoms with Gasteiger partial charge in [-0.05, 0) is 57.2 Å². The average molecular weight is 293 g/mol. The number of likely N-dealkylation sites (N-methyl/N-ethyl adjacent to an activating group) is 3. The molecule has 1 aromatic carbocycles. The third kappa shape index (κ3) is 4.25. The van der Waals surface area contributed by atoms with Gasteiger partial charge in [0.1, 0.15) is 5.82 Å². The van der Waals surface area contributed by atoms with Gasteiger partial charge < -0.3 is 10.2 Å². The van der Waals surface area contributed by atoms with Gasteiger partial charge in [-0.15, -0.1) is 0 Å². The van der Waals surface area contributed by atoms with Gasteiger partial charge in [-0.2, -0.15) is 0 Å². The summed E-state index contributed by atoms with van der Waals surface area (Å²) < 4.78 is 13.5. The van der Waals surface area contributed by atoms with Crippen LogP contribution < -0.4 is 5.32 Å². The number of hydrogen-bond donors (Lipinski definition) is 1. The van der Waals surface area contributed by atoms with Gasteiger partial charge in [0, 0.05) is 31.7 Å². The monoisotopic (exact) mass is 293 g/mol. The van der Waals surface area contributed by atoms with E-state index in [1.165, 1.54) is 5.56 Å². The van der Waals surface area contributed by atoms with Crippen molar-refractivity contribution >= 4 is 0 Å². The Balaban J connectivity index is 2.16. The highest BCUT2D eigenvalue weighted by atomic mass is 19.1. The molecule has 1 fully saturated rings. The number of halogens is 1. The molecule has 0 aliphatic carbocycles. The molecule has 3 nitrogen and oxygen atoms in total. The topological polar surface area (TPSA) is 18.5 Å². The Morgan fingerprint density at radius 3 is 2.81 bits per heavy atom. The van der Waals surface area contributed by atoms with Gasteiger partial charge in [0.05, 0.1) is 0 Å². The van der Waals surface area contributed by atoms with E-state index in [1.807, 2.05) is 6.07 Å². The number of rotatable bonds is 5. The molecule has 1 aromatic rings. The number of benzene rings is 1. The molecule has 21 heavy (non-hydrogen) atoms. The molecule has 0 saturated carbocycles. The predicted octanol–water partition coefficient (Wildman–Crippen LogP) is 1.90. The number of aryl methyl sites for hydroxylation is 1. The summed E-state index contributed by atoms with van der Waals surface area (Å²) >= 11 is 0. The lowest BCUT2D eigenvalue weighted by atomic mass is 9.94. The molecule has 0 bridgehead atoms. The van der Waals surface area contributed by atoms with E-state index in [0.29, 0.717) is 12.1 Å². The second-order valence-electron chi connectivity index (χ2n) is 6.25. The summed E-state index contributed by atoms with van der Waals surface area (Å²) in [7, 11) is 4.37. The van der Waals surface area contributed by atoms with Crippen LogP contribution in [0.25, 0.3) is 0 Å². The van der Waals surface area contributed by atoms with Crippen LogP contribution in [0.15, 0.2) is 18.2 Å². The van der Waals surface area contributed by atoms with Gasteiger partial charge in [-0.3, -0.25) is 4.90 Å². The van der Waals surface area contributed by atoms with Gasteiger partial charge >= 0.3 is 0 Å². The molecule has 1 aliphatic heterocycles. The van der Waals surface area contributed by atoms with Crippen molar-refractivity contribution in [1.82, 2.24) is 15.1 Å². The second-order valence-corrected chi connectivity index (χ2v) is 6.25. The molecule has 118 valence electrons. The molecule has 2 unspecified atom stereocenters. The van der Waals surface area contributed by atoms with Crippen molar-refractivity contribution in [2.24, 2.45) is 0 Å². The minimum Gasteiger partial charge on any atom is -0.312 e. The first kappa shape index (κ1) is 16.4. The highest BCUT2D eigenvalue weighted by molar-refractivity contribution is 5.27. The molecule has 0 amide bonds. The maximum Gasteiger partial charge on any atom is 0.123 e. The van der Waals surface area contributed by atoms with Crippen LogP contribution in [0.4, 0.5) is 4.39 Å². The average Bonchev–Trinajstić information content (AvgIpc) is 2.45. The normalized spacial score (nSPS) is 22.4. The molecular weight excluding hydrogens is 265 g/mol. The fraction of sp³-hybridized carbons (Fsp3) is 0.647. The lowest BCUT2D eigenvalue weighted by molar-refractivity contribution is 0.0880. The van der Waals surface area contributed by atoms with Crippen LogP contribution in [0, 0.1) is 12.7 Å². The van der Waals surface area contributed by atoms with Crippen molar-refractivity contribution in [2.75, 3.05) is 40.3 Å². The van der Waals surface area contributed by atoms with Crippen LogP contribution in [0.2, 0.25) is 0 Å². The first-order valence-corrected chi connectivity index (χ1v) is 7.88. The zero-order valence-electron chi connectivity index (χ0n) is 13.7. The van der Waals surface area contributed by atoms with E-state index in [4.69, 9.17) is 0 Å². The molecule has 1 heterocycles. The summed E-state index contributed by atoms with van der Waals surface area (Å²) in [6, 6.07) is 5.92. The fourth-order valence-corrected chi connectivity index (χ4v) is 3.18. The molecule has 2 rings (SSSR count). The number of hydrogen-bond acceptors (Lipinski definition) is 3. The zero-order valence-corrected chi connectivity index (χ0v) is 13.7. The Morgan fingerprint density at radius 1 is 1.33 bits per heavy atom. The van der Waals surface area contributed by atoms with E-state index in [-0.39, 0.29) is 5.82 Å². The molecular formula is C17H28FN3. The Bertz CT molecular complexity index is 463. The van der Waals surface area contributed by atoms with Crippen LogP contribution in [0.3, 0.4) is 0 Å². The highest BCUT2D eigenvalue weighted by Crippen LogP contribution is 2.18. The standard InChI is InChI=1S/C17H28FN3/c1-5-19-16(17-12-20(3)8-9-21(17)4)11-14-10-15(18)7-6-13(14)2/h6-7,10,16-17,19H,5,8-9,11-12H2,1-4H3. The molecule has 4 heteroatoms. The molecule has 0 radical (unpaired) electrons. The van der Waals surface area contributed by atoms with Gasteiger partial charge in [-0.25, -0.2) is 4.39 Å². The van der Waals surface area contributed by atoms with E-state index >= 15 is 0 Å². The lowest BCUT2D eigenvalue weighted by Crippen LogP contribution is -2.59. The lowest BCUT2D eigenvalue weighted by Gasteiger charge is -2.42. The minimum absolute atomic E-state index is 0.139. The maximum absolute atomic E-state index is 13.5. The maximum atomic E-state index is 13.5. The number of piperazine rings is 1.